The van der Waals surface area contributed by atoms with Gasteiger partial charge in [0, 0.05) is 5.39 Å². The average Bonchev–Trinajstić information content (AvgIpc) is 2.36. The summed E-state index contributed by atoms with van der Waals surface area (Å²) in [6.07, 6.45) is 0.972. The highest BCUT2D eigenvalue weighted by Gasteiger charge is 2.16. The fourth-order valence-corrected chi connectivity index (χ4v) is 3.08. The number of aromatic nitrogens is 1. The molecule has 0 spiro atoms. The van der Waals surface area contributed by atoms with E-state index < -0.39 is 0 Å². The van der Waals surface area contributed by atoms with E-state index in [0.29, 0.717) is 11.5 Å². The maximum Gasteiger partial charge on any atom is 0.101 e. The van der Waals surface area contributed by atoms with Gasteiger partial charge in [-0.2, -0.15) is 5.26 Å². The van der Waals surface area contributed by atoms with Gasteiger partial charge in [0.25, 0.3) is 0 Å². The van der Waals surface area contributed by atoms with Gasteiger partial charge in [-0.1, -0.05) is 48.0 Å². The molecule has 1 atom stereocenters. The summed E-state index contributed by atoms with van der Waals surface area (Å²) in [6, 6.07) is 12.1. The summed E-state index contributed by atoms with van der Waals surface area (Å²) >= 11 is 3.65. The zero-order valence-corrected chi connectivity index (χ0v) is 12.1. The lowest BCUT2D eigenvalue weighted by Crippen LogP contribution is -2.02. The molecule has 1 heterocycles. The molecule has 0 aliphatic heterocycles. The second kappa shape index (κ2) is 5.49. The highest BCUT2D eigenvalue weighted by Crippen LogP contribution is 2.32. The van der Waals surface area contributed by atoms with Crippen molar-refractivity contribution in [1.82, 2.24) is 4.98 Å². The molecule has 0 radical (unpaired) electrons. The van der Waals surface area contributed by atoms with Gasteiger partial charge in [0.2, 0.25) is 0 Å². The normalized spacial score (nSPS) is 12.6. The van der Waals surface area contributed by atoms with Crippen molar-refractivity contribution in [2.45, 2.75) is 25.1 Å². The molecule has 92 valence electrons. The van der Waals surface area contributed by atoms with Gasteiger partial charge in [-0.05, 0) is 24.5 Å². The van der Waals surface area contributed by atoms with Crippen molar-refractivity contribution in [2.75, 3.05) is 0 Å². The van der Waals surface area contributed by atoms with E-state index in [2.05, 4.69) is 40.8 Å². The number of para-hydroxylation sites is 1. The lowest BCUT2D eigenvalue weighted by molar-refractivity contribution is 0.578. The summed E-state index contributed by atoms with van der Waals surface area (Å²) in [6.45, 7) is 4.34. The predicted molar refractivity (Wildman–Crippen MR) is 77.6 cm³/mol. The minimum Gasteiger partial charge on any atom is -0.250 e. The Morgan fingerprint density at radius 1 is 1.33 bits per heavy atom. The molecular formula is C15H15BrN2. The molecule has 0 fully saturated rings. The molecular weight excluding hydrogens is 288 g/mol. The van der Waals surface area contributed by atoms with Gasteiger partial charge in [0.15, 0.2) is 0 Å². The van der Waals surface area contributed by atoms with Crippen molar-refractivity contribution in [3.05, 3.63) is 41.6 Å². The van der Waals surface area contributed by atoms with Crippen LogP contribution in [0.2, 0.25) is 0 Å². The zero-order valence-electron chi connectivity index (χ0n) is 10.5. The van der Waals surface area contributed by atoms with Crippen LogP contribution in [-0.4, -0.2) is 4.98 Å². The maximum atomic E-state index is 9.25. The first-order chi connectivity index (χ1) is 8.61. The number of pyridine rings is 1. The number of alkyl halides is 1. The Hall–Kier alpha value is -1.40. The Morgan fingerprint density at radius 2 is 2.06 bits per heavy atom. The van der Waals surface area contributed by atoms with Crippen LogP contribution in [-0.2, 0) is 0 Å². The molecule has 0 amide bonds. The Bertz CT molecular complexity index is 599. The van der Waals surface area contributed by atoms with Crippen LogP contribution in [0.15, 0.2) is 30.3 Å². The van der Waals surface area contributed by atoms with Crippen molar-refractivity contribution in [3.63, 3.8) is 0 Å². The smallest absolute Gasteiger partial charge is 0.101 e. The first kappa shape index (κ1) is 13.0. The predicted octanol–water partition coefficient (Wildman–Crippen LogP) is 4.59. The van der Waals surface area contributed by atoms with Gasteiger partial charge < -0.3 is 0 Å². The van der Waals surface area contributed by atoms with Crippen molar-refractivity contribution in [1.29, 1.82) is 5.26 Å². The lowest BCUT2D eigenvalue weighted by Gasteiger charge is -2.14. The van der Waals surface area contributed by atoms with Gasteiger partial charge in [0.1, 0.15) is 6.07 Å². The van der Waals surface area contributed by atoms with Crippen molar-refractivity contribution < 1.29 is 0 Å². The van der Waals surface area contributed by atoms with Gasteiger partial charge in [0.05, 0.1) is 21.6 Å². The molecule has 0 bridgehead atoms. The van der Waals surface area contributed by atoms with E-state index in [1.54, 1.807) is 0 Å². The number of nitrogens with zero attached hydrogens (tertiary/aromatic N) is 2. The Balaban J connectivity index is 2.52. The summed E-state index contributed by atoms with van der Waals surface area (Å²) in [7, 11) is 0. The number of benzene rings is 1. The quantitative estimate of drug-likeness (QED) is 0.778. The van der Waals surface area contributed by atoms with Crippen molar-refractivity contribution in [2.24, 2.45) is 5.92 Å². The highest BCUT2D eigenvalue weighted by molar-refractivity contribution is 9.09. The average molecular weight is 303 g/mol. The molecule has 2 nitrogen and oxygen atoms in total. The van der Waals surface area contributed by atoms with Crippen LogP contribution in [0.3, 0.4) is 0 Å². The van der Waals surface area contributed by atoms with Crippen LogP contribution < -0.4 is 0 Å². The topological polar surface area (TPSA) is 36.7 Å². The molecule has 0 saturated heterocycles. The van der Waals surface area contributed by atoms with Crippen LogP contribution in [0.5, 0.6) is 0 Å². The number of hydrogen-bond acceptors (Lipinski definition) is 2. The minimum atomic E-state index is 0.136. The van der Waals surface area contributed by atoms with E-state index in [9.17, 15) is 5.26 Å². The number of nitriles is 1. The summed E-state index contributed by atoms with van der Waals surface area (Å²) in [4.78, 5) is 4.77. The highest BCUT2D eigenvalue weighted by atomic mass is 79.9. The first-order valence-electron chi connectivity index (χ1n) is 6.05. The van der Waals surface area contributed by atoms with Crippen LogP contribution in [0, 0.1) is 17.2 Å². The summed E-state index contributed by atoms with van der Waals surface area (Å²) in [5.74, 6) is 0.564. The molecule has 3 heteroatoms. The zero-order chi connectivity index (χ0) is 13.1. The third kappa shape index (κ3) is 2.70. The second-order valence-electron chi connectivity index (χ2n) is 4.82. The number of hydrogen-bond donors (Lipinski definition) is 0. The van der Waals surface area contributed by atoms with Crippen LogP contribution in [0.25, 0.3) is 10.9 Å². The fourth-order valence-electron chi connectivity index (χ4n) is 1.98. The minimum absolute atomic E-state index is 0.136. The van der Waals surface area contributed by atoms with E-state index in [-0.39, 0.29) is 4.83 Å². The van der Waals surface area contributed by atoms with Gasteiger partial charge in [-0.25, -0.2) is 0 Å². The summed E-state index contributed by atoms with van der Waals surface area (Å²) in [5, 5.41) is 10.3. The van der Waals surface area contributed by atoms with E-state index >= 15 is 0 Å². The molecule has 2 rings (SSSR count). The fraction of sp³-hybridized carbons (Fsp3) is 0.333. The van der Waals surface area contributed by atoms with Gasteiger partial charge in [-0.3, -0.25) is 4.98 Å². The van der Waals surface area contributed by atoms with Gasteiger partial charge >= 0.3 is 0 Å². The van der Waals surface area contributed by atoms with E-state index in [1.165, 1.54) is 0 Å². The monoisotopic (exact) mass is 302 g/mol. The molecule has 1 aromatic carbocycles. The van der Waals surface area contributed by atoms with E-state index in [4.69, 9.17) is 0 Å². The molecule has 0 saturated carbocycles. The van der Waals surface area contributed by atoms with Crippen molar-refractivity contribution in [3.8, 4) is 6.07 Å². The SMILES string of the molecule is CC(C)CC(Br)c1nc2ccccc2cc1C#N. The number of rotatable bonds is 3. The van der Waals surface area contributed by atoms with Crippen LogP contribution >= 0.6 is 15.9 Å². The third-order valence-corrected chi connectivity index (χ3v) is 3.66. The summed E-state index contributed by atoms with van der Waals surface area (Å²) in [5.41, 5.74) is 2.46. The Kier molecular flexibility index (Phi) is 3.98. The van der Waals surface area contributed by atoms with E-state index in [1.807, 2.05) is 30.3 Å². The number of halogens is 1. The molecule has 2 aromatic rings. The molecule has 1 unspecified atom stereocenters. The molecule has 0 aliphatic rings. The maximum absolute atomic E-state index is 9.25. The largest absolute Gasteiger partial charge is 0.250 e. The Labute approximate surface area is 116 Å². The van der Waals surface area contributed by atoms with E-state index in [0.717, 1.165) is 23.0 Å². The summed E-state index contributed by atoms with van der Waals surface area (Å²) < 4.78 is 0. The Morgan fingerprint density at radius 3 is 2.72 bits per heavy atom. The third-order valence-electron chi connectivity index (χ3n) is 2.85. The number of fused-ring (bicyclic) bond motifs is 1. The molecule has 1 aromatic heterocycles. The molecule has 18 heavy (non-hydrogen) atoms. The van der Waals surface area contributed by atoms with Gasteiger partial charge in [-0.15, -0.1) is 0 Å². The standard InChI is InChI=1S/C15H15BrN2/c1-10(2)7-13(16)15-12(9-17)8-11-5-3-4-6-14(11)18-15/h3-6,8,10,13H,7H2,1-2H3. The van der Waals surface area contributed by atoms with Crippen molar-refractivity contribution >= 4 is 26.8 Å². The lowest BCUT2D eigenvalue weighted by atomic mass is 10.0. The van der Waals surface area contributed by atoms with Crippen LogP contribution in [0.1, 0.15) is 36.4 Å². The molecule has 0 aliphatic carbocycles. The molecule has 0 N–H and O–H groups in total. The van der Waals surface area contributed by atoms with Crippen LogP contribution in [0.4, 0.5) is 0 Å². The first-order valence-corrected chi connectivity index (χ1v) is 6.97. The second-order valence-corrected chi connectivity index (χ2v) is 5.93.